The van der Waals surface area contributed by atoms with Crippen LogP contribution in [0, 0.1) is 5.82 Å². The number of carbonyl (C=O) groups excluding carboxylic acids is 1. The van der Waals surface area contributed by atoms with Crippen molar-refractivity contribution in [1.29, 1.82) is 0 Å². The van der Waals surface area contributed by atoms with Gasteiger partial charge in [0, 0.05) is 18.7 Å². The van der Waals surface area contributed by atoms with Crippen molar-refractivity contribution < 1.29 is 9.18 Å². The van der Waals surface area contributed by atoms with Crippen LogP contribution in [-0.4, -0.2) is 35.4 Å². The number of nitrogens with zero attached hydrogens (tertiary/aromatic N) is 1. The number of benzene rings is 1. The second-order valence-electron chi connectivity index (χ2n) is 4.47. The van der Waals surface area contributed by atoms with Gasteiger partial charge in [-0.2, -0.15) is 0 Å². The van der Waals surface area contributed by atoms with Gasteiger partial charge in [0.15, 0.2) is 0 Å². The second kappa shape index (κ2) is 7.91. The number of nitrogens with one attached hydrogen (secondary N) is 1. The van der Waals surface area contributed by atoms with Crippen LogP contribution in [0.15, 0.2) is 18.2 Å². The van der Waals surface area contributed by atoms with E-state index in [4.69, 9.17) is 18.0 Å². The van der Waals surface area contributed by atoms with E-state index >= 15 is 0 Å². The van der Waals surface area contributed by atoms with Crippen molar-refractivity contribution in [1.82, 2.24) is 10.2 Å². The predicted molar refractivity (Wildman–Crippen MR) is 81.9 cm³/mol. The molecule has 0 aliphatic carbocycles. The largest absolute Gasteiger partial charge is 0.389 e. The Morgan fingerprint density at radius 3 is 2.65 bits per heavy atom. The van der Waals surface area contributed by atoms with Crippen molar-refractivity contribution in [2.24, 2.45) is 5.73 Å². The van der Waals surface area contributed by atoms with Crippen LogP contribution in [0.4, 0.5) is 4.39 Å². The highest BCUT2D eigenvalue weighted by Gasteiger charge is 2.11. The lowest BCUT2D eigenvalue weighted by atomic mass is 10.1. The van der Waals surface area contributed by atoms with E-state index in [1.54, 1.807) is 6.07 Å². The molecule has 6 heteroatoms. The first kappa shape index (κ1) is 16.5. The number of carbonyl (C=O) groups is 1. The molecule has 0 aliphatic rings. The number of nitrogens with two attached hydrogens (primary N) is 1. The highest BCUT2D eigenvalue weighted by molar-refractivity contribution is 7.80. The van der Waals surface area contributed by atoms with Gasteiger partial charge >= 0.3 is 0 Å². The number of thiocarbonyl (C=S) groups is 1. The van der Waals surface area contributed by atoms with Gasteiger partial charge in [0.2, 0.25) is 5.91 Å². The Hall–Kier alpha value is -1.53. The molecule has 1 rings (SSSR count). The average Bonchev–Trinajstić information content (AvgIpc) is 2.37. The number of amides is 1. The average molecular weight is 297 g/mol. The van der Waals surface area contributed by atoms with Crippen molar-refractivity contribution in [3.05, 3.63) is 35.1 Å². The van der Waals surface area contributed by atoms with Crippen LogP contribution in [0.2, 0.25) is 0 Å². The van der Waals surface area contributed by atoms with Gasteiger partial charge in [0.1, 0.15) is 10.8 Å². The molecule has 0 radical (unpaired) electrons. The summed E-state index contributed by atoms with van der Waals surface area (Å²) in [5.41, 5.74) is 6.77. The van der Waals surface area contributed by atoms with Crippen LogP contribution >= 0.6 is 12.2 Å². The molecule has 0 saturated heterocycles. The summed E-state index contributed by atoms with van der Waals surface area (Å²) in [6.07, 6.45) is 0. The molecule has 0 fully saturated rings. The van der Waals surface area contributed by atoms with Gasteiger partial charge in [0.25, 0.3) is 0 Å². The smallest absolute Gasteiger partial charge is 0.234 e. The lowest BCUT2D eigenvalue weighted by Crippen LogP contribution is -2.36. The van der Waals surface area contributed by atoms with Crippen LogP contribution in [0.5, 0.6) is 0 Å². The molecule has 1 aromatic rings. The van der Waals surface area contributed by atoms with Gasteiger partial charge in [-0.1, -0.05) is 19.1 Å². The van der Waals surface area contributed by atoms with Gasteiger partial charge in [-0.05, 0) is 37.2 Å². The highest BCUT2D eigenvalue weighted by atomic mass is 32.1. The molecule has 4 nitrogen and oxygen atoms in total. The van der Waals surface area contributed by atoms with Crippen molar-refractivity contribution in [2.75, 3.05) is 19.6 Å². The Bertz CT molecular complexity index is 493. The Kier molecular flexibility index (Phi) is 6.54. The maximum Gasteiger partial charge on any atom is 0.234 e. The fraction of sp³-hybridized carbons (Fsp3) is 0.429. The summed E-state index contributed by atoms with van der Waals surface area (Å²) in [5.74, 6) is -0.417. The summed E-state index contributed by atoms with van der Waals surface area (Å²) in [5, 5.41) is 2.74. The predicted octanol–water partition coefficient (Wildman–Crippen LogP) is 1.42. The lowest BCUT2D eigenvalue weighted by molar-refractivity contribution is -0.122. The molecule has 0 atom stereocenters. The molecular weight excluding hydrogens is 277 g/mol. The first-order valence-electron chi connectivity index (χ1n) is 6.54. The van der Waals surface area contributed by atoms with Gasteiger partial charge in [-0.15, -0.1) is 0 Å². The maximum atomic E-state index is 13.5. The summed E-state index contributed by atoms with van der Waals surface area (Å²) < 4.78 is 13.5. The van der Waals surface area contributed by atoms with Gasteiger partial charge in [0.05, 0.1) is 6.54 Å². The Morgan fingerprint density at radius 2 is 2.10 bits per heavy atom. The van der Waals surface area contributed by atoms with Gasteiger partial charge in [-0.25, -0.2) is 4.39 Å². The standard InChI is InChI=1S/C14H20FN3OS/c1-3-17-13(19)9-18(4-2)8-10-5-11(14(16)20)7-12(15)6-10/h5-7H,3-4,8-9H2,1-2H3,(H2,16,20)(H,17,19). The Morgan fingerprint density at radius 1 is 1.40 bits per heavy atom. The van der Waals surface area contributed by atoms with Crippen molar-refractivity contribution in [3.8, 4) is 0 Å². The molecule has 0 saturated carbocycles. The number of likely N-dealkylation sites (N-methyl/N-ethyl adjacent to an activating group) is 2. The topological polar surface area (TPSA) is 58.4 Å². The normalized spacial score (nSPS) is 10.6. The summed E-state index contributed by atoms with van der Waals surface area (Å²) in [6, 6.07) is 4.50. The first-order valence-corrected chi connectivity index (χ1v) is 6.95. The molecule has 1 amide bonds. The third-order valence-electron chi connectivity index (χ3n) is 2.84. The fourth-order valence-electron chi connectivity index (χ4n) is 1.88. The lowest BCUT2D eigenvalue weighted by Gasteiger charge is -2.20. The molecule has 0 aromatic heterocycles. The summed E-state index contributed by atoms with van der Waals surface area (Å²) >= 11 is 4.86. The minimum absolute atomic E-state index is 0.0414. The Labute approximate surface area is 124 Å². The number of hydrogen-bond acceptors (Lipinski definition) is 3. The third kappa shape index (κ3) is 5.22. The molecule has 0 bridgehead atoms. The van der Waals surface area contributed by atoms with Crippen molar-refractivity contribution in [2.45, 2.75) is 20.4 Å². The van der Waals surface area contributed by atoms with Crippen LogP contribution in [-0.2, 0) is 11.3 Å². The second-order valence-corrected chi connectivity index (χ2v) is 4.91. The van der Waals surface area contributed by atoms with E-state index in [0.717, 1.165) is 5.56 Å². The summed E-state index contributed by atoms with van der Waals surface area (Å²) in [6.45, 7) is 5.87. The molecule has 3 N–H and O–H groups in total. The van der Waals surface area contributed by atoms with E-state index in [-0.39, 0.29) is 23.3 Å². The molecule has 0 spiro atoms. The highest BCUT2D eigenvalue weighted by Crippen LogP contribution is 2.12. The summed E-state index contributed by atoms with van der Waals surface area (Å²) in [7, 11) is 0. The van der Waals surface area contributed by atoms with Crippen LogP contribution < -0.4 is 11.1 Å². The van der Waals surface area contributed by atoms with E-state index in [2.05, 4.69) is 5.32 Å². The number of halogens is 1. The third-order valence-corrected chi connectivity index (χ3v) is 3.07. The van der Waals surface area contributed by atoms with Gasteiger partial charge < -0.3 is 11.1 Å². The SMILES string of the molecule is CCNC(=O)CN(CC)Cc1cc(F)cc(C(N)=S)c1. The van der Waals surface area contributed by atoms with Gasteiger partial charge in [-0.3, -0.25) is 9.69 Å². The van der Waals surface area contributed by atoms with E-state index < -0.39 is 0 Å². The molecule has 0 unspecified atom stereocenters. The van der Waals surface area contributed by atoms with Crippen LogP contribution in [0.1, 0.15) is 25.0 Å². The molecule has 20 heavy (non-hydrogen) atoms. The quantitative estimate of drug-likeness (QED) is 0.747. The Balaban J connectivity index is 2.79. The maximum absolute atomic E-state index is 13.5. The van der Waals surface area contributed by atoms with E-state index in [1.807, 2.05) is 18.7 Å². The van der Waals surface area contributed by atoms with Crippen LogP contribution in [0.3, 0.4) is 0 Å². The molecular formula is C14H20FN3OS. The number of hydrogen-bond donors (Lipinski definition) is 2. The van der Waals surface area contributed by atoms with Crippen LogP contribution in [0.25, 0.3) is 0 Å². The number of rotatable bonds is 7. The van der Waals surface area contributed by atoms with E-state index in [1.165, 1.54) is 12.1 Å². The zero-order chi connectivity index (χ0) is 15.1. The summed E-state index contributed by atoms with van der Waals surface area (Å²) in [4.78, 5) is 13.7. The first-order chi connectivity index (χ1) is 9.46. The van der Waals surface area contributed by atoms with Crippen molar-refractivity contribution >= 4 is 23.1 Å². The van der Waals surface area contributed by atoms with E-state index in [0.29, 0.717) is 25.2 Å². The molecule has 1 aromatic carbocycles. The molecule has 0 heterocycles. The van der Waals surface area contributed by atoms with E-state index in [9.17, 15) is 9.18 Å². The van der Waals surface area contributed by atoms with Crippen molar-refractivity contribution in [3.63, 3.8) is 0 Å². The fourth-order valence-corrected chi connectivity index (χ4v) is 2.00. The monoisotopic (exact) mass is 297 g/mol. The zero-order valence-electron chi connectivity index (χ0n) is 11.8. The molecule has 110 valence electrons. The zero-order valence-corrected chi connectivity index (χ0v) is 12.6. The minimum atomic E-state index is -0.376. The minimum Gasteiger partial charge on any atom is -0.389 e. The molecule has 0 aliphatic heterocycles.